The third-order valence-electron chi connectivity index (χ3n) is 2.36. The van der Waals surface area contributed by atoms with Gasteiger partial charge in [0.2, 0.25) is 5.82 Å². The Morgan fingerprint density at radius 2 is 1.94 bits per heavy atom. The Hall–Kier alpha value is -2.56. The Morgan fingerprint density at radius 3 is 2.71 bits per heavy atom. The molecule has 3 rings (SSSR count). The van der Waals surface area contributed by atoms with E-state index in [2.05, 4.69) is 10.1 Å². The fourth-order valence-corrected chi connectivity index (χ4v) is 1.53. The van der Waals surface area contributed by atoms with Crippen molar-refractivity contribution < 1.29 is 8.94 Å². The smallest absolute Gasteiger partial charge is 0.293 e. The van der Waals surface area contributed by atoms with Crippen LogP contribution in [0.3, 0.4) is 0 Å². The van der Waals surface area contributed by atoms with Crippen molar-refractivity contribution in [1.29, 1.82) is 0 Å². The average Bonchev–Trinajstić information content (AvgIpc) is 3.00. The second-order valence-corrected chi connectivity index (χ2v) is 3.49. The van der Waals surface area contributed by atoms with Crippen LogP contribution in [0.15, 0.2) is 51.6 Å². The minimum atomic E-state index is 0.341. The first kappa shape index (κ1) is 9.65. The highest BCUT2D eigenvalue weighted by atomic mass is 16.5. The Labute approximate surface area is 96.9 Å². The molecular formula is C12H9N3O2. The fourth-order valence-electron chi connectivity index (χ4n) is 1.53. The number of rotatable bonds is 2. The van der Waals surface area contributed by atoms with E-state index in [0.29, 0.717) is 23.2 Å². The summed E-state index contributed by atoms with van der Waals surface area (Å²) in [4.78, 5) is 4.23. The molecular weight excluding hydrogens is 218 g/mol. The monoisotopic (exact) mass is 227 g/mol. The third-order valence-corrected chi connectivity index (χ3v) is 2.36. The third kappa shape index (κ3) is 1.67. The van der Waals surface area contributed by atoms with Crippen molar-refractivity contribution in [2.45, 2.75) is 0 Å². The lowest BCUT2D eigenvalue weighted by Gasteiger charge is -1.97. The predicted octanol–water partition coefficient (Wildman–Crippen LogP) is 2.58. The molecule has 0 fully saturated rings. The topological polar surface area (TPSA) is 78.1 Å². The average molecular weight is 227 g/mol. The summed E-state index contributed by atoms with van der Waals surface area (Å²) in [6.45, 7) is 0. The molecule has 17 heavy (non-hydrogen) atoms. The number of anilines is 1. The molecule has 0 saturated heterocycles. The zero-order valence-corrected chi connectivity index (χ0v) is 8.83. The lowest BCUT2D eigenvalue weighted by Crippen LogP contribution is -1.90. The van der Waals surface area contributed by atoms with Crippen molar-refractivity contribution in [2.24, 2.45) is 0 Å². The number of nitrogens with two attached hydrogens (primary N) is 1. The zero-order chi connectivity index (χ0) is 11.7. The molecule has 2 N–H and O–H groups in total. The van der Waals surface area contributed by atoms with E-state index in [1.807, 2.05) is 18.2 Å². The van der Waals surface area contributed by atoms with Crippen LogP contribution in [0.25, 0.3) is 23.0 Å². The molecule has 0 saturated carbocycles. The lowest BCUT2D eigenvalue weighted by molar-refractivity contribution is 0.417. The molecule has 2 heterocycles. The van der Waals surface area contributed by atoms with Gasteiger partial charge in [0.05, 0.1) is 6.26 Å². The number of para-hydroxylation sites is 1. The molecule has 0 spiro atoms. The van der Waals surface area contributed by atoms with Crippen LogP contribution in [-0.2, 0) is 0 Å². The highest BCUT2D eigenvalue weighted by Crippen LogP contribution is 2.25. The van der Waals surface area contributed by atoms with Crippen LogP contribution in [-0.4, -0.2) is 10.1 Å². The number of nitrogen functional groups attached to an aromatic ring is 1. The van der Waals surface area contributed by atoms with Gasteiger partial charge in [-0.2, -0.15) is 4.98 Å². The molecule has 3 aromatic rings. The predicted molar refractivity (Wildman–Crippen MR) is 61.8 cm³/mol. The molecule has 84 valence electrons. The maximum atomic E-state index is 5.84. The van der Waals surface area contributed by atoms with Gasteiger partial charge in [-0.3, -0.25) is 0 Å². The normalized spacial score (nSPS) is 10.6. The van der Waals surface area contributed by atoms with Gasteiger partial charge in [0.1, 0.15) is 0 Å². The van der Waals surface area contributed by atoms with E-state index < -0.39 is 0 Å². The van der Waals surface area contributed by atoms with E-state index in [4.69, 9.17) is 14.7 Å². The van der Waals surface area contributed by atoms with Crippen molar-refractivity contribution >= 4 is 5.69 Å². The Kier molecular flexibility index (Phi) is 2.15. The summed E-state index contributed by atoms with van der Waals surface area (Å²) in [5.74, 6) is 1.33. The van der Waals surface area contributed by atoms with Crippen LogP contribution in [0, 0.1) is 0 Å². The number of nitrogens with zero attached hydrogens (tertiary/aromatic N) is 2. The van der Waals surface area contributed by atoms with Crippen LogP contribution in [0.5, 0.6) is 0 Å². The van der Waals surface area contributed by atoms with Gasteiger partial charge in [-0.05, 0) is 24.3 Å². The molecule has 0 bridgehead atoms. The van der Waals surface area contributed by atoms with E-state index in [1.54, 1.807) is 24.5 Å². The Morgan fingerprint density at radius 1 is 1.06 bits per heavy atom. The van der Waals surface area contributed by atoms with Crippen molar-refractivity contribution in [1.82, 2.24) is 10.1 Å². The molecule has 0 amide bonds. The van der Waals surface area contributed by atoms with Gasteiger partial charge in [-0.1, -0.05) is 17.3 Å². The van der Waals surface area contributed by atoms with Crippen molar-refractivity contribution in [2.75, 3.05) is 5.73 Å². The second-order valence-electron chi connectivity index (χ2n) is 3.49. The van der Waals surface area contributed by atoms with Gasteiger partial charge in [-0.15, -0.1) is 0 Å². The molecule has 0 aliphatic heterocycles. The number of hydrogen-bond acceptors (Lipinski definition) is 5. The number of benzene rings is 1. The minimum absolute atomic E-state index is 0.341. The van der Waals surface area contributed by atoms with Gasteiger partial charge in [-0.25, -0.2) is 0 Å². The second kappa shape index (κ2) is 3.79. The van der Waals surface area contributed by atoms with Crippen LogP contribution < -0.4 is 5.73 Å². The molecule has 0 aliphatic rings. The summed E-state index contributed by atoms with van der Waals surface area (Å²) in [5, 5.41) is 3.88. The summed E-state index contributed by atoms with van der Waals surface area (Å²) in [6.07, 6.45) is 1.55. The largest absolute Gasteiger partial charge is 0.459 e. The lowest BCUT2D eigenvalue weighted by atomic mass is 10.2. The summed E-state index contributed by atoms with van der Waals surface area (Å²) < 4.78 is 10.3. The Bertz CT molecular complexity index is 629. The zero-order valence-electron chi connectivity index (χ0n) is 8.83. The maximum absolute atomic E-state index is 5.84. The SMILES string of the molecule is Nc1ccccc1-c1noc(-c2ccco2)n1. The van der Waals surface area contributed by atoms with E-state index >= 15 is 0 Å². The molecule has 5 heteroatoms. The van der Waals surface area contributed by atoms with E-state index in [-0.39, 0.29) is 0 Å². The first-order valence-electron chi connectivity index (χ1n) is 5.07. The van der Waals surface area contributed by atoms with Crippen molar-refractivity contribution in [3.63, 3.8) is 0 Å². The van der Waals surface area contributed by atoms with E-state index in [1.165, 1.54) is 0 Å². The molecule has 0 radical (unpaired) electrons. The Balaban J connectivity index is 2.04. The summed E-state index contributed by atoms with van der Waals surface area (Å²) in [7, 11) is 0. The van der Waals surface area contributed by atoms with E-state index in [9.17, 15) is 0 Å². The minimum Gasteiger partial charge on any atom is -0.459 e. The van der Waals surface area contributed by atoms with Gasteiger partial charge >= 0.3 is 0 Å². The standard InChI is InChI=1S/C12H9N3O2/c13-9-5-2-1-4-8(9)11-14-12(17-15-11)10-6-3-7-16-10/h1-7H,13H2. The van der Waals surface area contributed by atoms with Crippen LogP contribution in [0.2, 0.25) is 0 Å². The quantitative estimate of drug-likeness (QED) is 0.681. The molecule has 1 aromatic carbocycles. The van der Waals surface area contributed by atoms with Gasteiger partial charge in [0.15, 0.2) is 5.76 Å². The van der Waals surface area contributed by atoms with Crippen LogP contribution >= 0.6 is 0 Å². The molecule has 2 aromatic heterocycles. The molecule has 0 atom stereocenters. The number of furan rings is 1. The van der Waals surface area contributed by atoms with Gasteiger partial charge < -0.3 is 14.7 Å². The molecule has 0 unspecified atom stereocenters. The first-order valence-corrected chi connectivity index (χ1v) is 5.07. The summed E-state index contributed by atoms with van der Waals surface area (Å²) in [6, 6.07) is 10.9. The summed E-state index contributed by atoms with van der Waals surface area (Å²) >= 11 is 0. The first-order chi connectivity index (χ1) is 8.34. The van der Waals surface area contributed by atoms with Crippen molar-refractivity contribution in [3.8, 4) is 23.0 Å². The number of aromatic nitrogens is 2. The fraction of sp³-hybridized carbons (Fsp3) is 0. The highest BCUT2D eigenvalue weighted by Gasteiger charge is 2.13. The maximum Gasteiger partial charge on any atom is 0.293 e. The van der Waals surface area contributed by atoms with E-state index in [0.717, 1.165) is 5.56 Å². The van der Waals surface area contributed by atoms with Gasteiger partial charge in [0, 0.05) is 11.3 Å². The highest BCUT2D eigenvalue weighted by molar-refractivity contribution is 5.71. The van der Waals surface area contributed by atoms with Gasteiger partial charge in [0.25, 0.3) is 5.89 Å². The summed E-state index contributed by atoms with van der Waals surface area (Å²) in [5.41, 5.74) is 7.19. The van der Waals surface area contributed by atoms with Crippen molar-refractivity contribution in [3.05, 3.63) is 42.7 Å². The number of hydrogen-bond donors (Lipinski definition) is 1. The molecule has 0 aliphatic carbocycles. The van der Waals surface area contributed by atoms with Crippen LogP contribution in [0.1, 0.15) is 0 Å². The molecule has 5 nitrogen and oxygen atoms in total. The van der Waals surface area contributed by atoms with Crippen LogP contribution in [0.4, 0.5) is 5.69 Å².